The van der Waals surface area contributed by atoms with Crippen molar-refractivity contribution in [3.05, 3.63) is 59.5 Å². The number of fused-ring (bicyclic) bond motifs is 1. The number of hydrogen-bond acceptors (Lipinski definition) is 5. The van der Waals surface area contributed by atoms with Gasteiger partial charge in [0, 0.05) is 29.4 Å². The third-order valence-electron chi connectivity index (χ3n) is 5.19. The quantitative estimate of drug-likeness (QED) is 0.276. The predicted molar refractivity (Wildman–Crippen MR) is 113 cm³/mol. The van der Waals surface area contributed by atoms with Crippen molar-refractivity contribution in [2.24, 2.45) is 11.8 Å². The Morgan fingerprint density at radius 3 is 2.76 bits per heavy atom. The van der Waals surface area contributed by atoms with Crippen LogP contribution in [0.2, 0.25) is 0 Å². The molecular weight excluding hydrogens is 388 g/mol. The number of carboxylic acid groups (broad SMARTS) is 1. The minimum atomic E-state index is -0.819. The number of carbonyl (C=O) groups excluding carboxylic acids is 2. The summed E-state index contributed by atoms with van der Waals surface area (Å²) in [4.78, 5) is 35.9. The number of carboxylic acids is 1. The Kier molecular flexibility index (Phi) is 7.12. The van der Waals surface area contributed by atoms with Crippen LogP contribution in [-0.2, 0) is 9.59 Å². The first-order valence-corrected chi connectivity index (χ1v) is 10.6. The summed E-state index contributed by atoms with van der Waals surface area (Å²) >= 11 is 1.43. The first-order valence-electron chi connectivity index (χ1n) is 9.74. The number of rotatable bonds is 9. The number of allylic oxidation sites excluding steroid dienone is 3. The number of thiophene rings is 1. The van der Waals surface area contributed by atoms with Crippen LogP contribution in [-0.4, -0.2) is 33.9 Å². The van der Waals surface area contributed by atoms with Crippen LogP contribution in [0.4, 0.5) is 0 Å². The van der Waals surface area contributed by atoms with Crippen molar-refractivity contribution in [1.29, 1.82) is 0 Å². The zero-order valence-corrected chi connectivity index (χ0v) is 16.8. The van der Waals surface area contributed by atoms with Crippen LogP contribution in [0.15, 0.2) is 54.6 Å². The fourth-order valence-corrected chi connectivity index (χ4v) is 4.63. The van der Waals surface area contributed by atoms with Crippen LogP contribution < -0.4 is 0 Å². The summed E-state index contributed by atoms with van der Waals surface area (Å²) in [6.07, 6.45) is 8.02. The molecule has 0 amide bonds. The smallest absolute Gasteiger partial charge is 0.303 e. The molecule has 6 heteroatoms. The van der Waals surface area contributed by atoms with E-state index in [0.29, 0.717) is 24.1 Å². The number of aliphatic hydroxyl groups excluding tert-OH is 1. The van der Waals surface area contributed by atoms with Crippen molar-refractivity contribution >= 4 is 39.0 Å². The van der Waals surface area contributed by atoms with Crippen molar-refractivity contribution < 1.29 is 24.6 Å². The molecule has 0 spiro atoms. The number of aliphatic hydroxyl groups is 1. The highest BCUT2D eigenvalue weighted by Crippen LogP contribution is 2.34. The Labute approximate surface area is 173 Å². The molecule has 2 N–H and O–H groups in total. The van der Waals surface area contributed by atoms with Gasteiger partial charge < -0.3 is 10.2 Å². The number of carbonyl (C=O) groups is 3. The van der Waals surface area contributed by atoms with E-state index in [9.17, 15) is 19.5 Å². The molecule has 152 valence electrons. The SMILES string of the molecule is O=C(O)CCCC=CC[C@H]1C(=O)C[C@@H](O)[C@@H]1C=CC(=O)c1cc2ccccc2s1. The topological polar surface area (TPSA) is 91.7 Å². The molecular formula is C23H24O5S. The molecule has 1 heterocycles. The number of hydrogen-bond donors (Lipinski definition) is 2. The molecule has 3 atom stereocenters. The molecule has 0 radical (unpaired) electrons. The maximum atomic E-state index is 12.5. The molecule has 1 aromatic heterocycles. The number of Topliss-reactive ketones (excluding diaryl/α,β-unsaturated/α-hetero) is 1. The second-order valence-electron chi connectivity index (χ2n) is 7.29. The Morgan fingerprint density at radius 1 is 1.21 bits per heavy atom. The third kappa shape index (κ3) is 5.49. The van der Waals surface area contributed by atoms with Crippen LogP contribution in [0, 0.1) is 11.8 Å². The minimum absolute atomic E-state index is 0.00310. The van der Waals surface area contributed by atoms with Crippen molar-refractivity contribution in [2.45, 2.75) is 38.2 Å². The maximum Gasteiger partial charge on any atom is 0.303 e. The van der Waals surface area contributed by atoms with Gasteiger partial charge >= 0.3 is 5.97 Å². The molecule has 29 heavy (non-hydrogen) atoms. The Bertz CT molecular complexity index is 922. The van der Waals surface area contributed by atoms with E-state index in [1.165, 1.54) is 17.4 Å². The summed E-state index contributed by atoms with van der Waals surface area (Å²) in [7, 11) is 0. The third-order valence-corrected chi connectivity index (χ3v) is 6.32. The van der Waals surface area contributed by atoms with Crippen molar-refractivity contribution in [3.63, 3.8) is 0 Å². The standard InChI is InChI=1S/C23H24O5S/c24-18(22-13-15-7-5-6-9-21(15)29-22)12-11-17-16(19(25)14-20(17)26)8-3-1-2-4-10-23(27)28/h1,3,5-7,9,11-13,16-17,20,26H,2,4,8,10,14H2,(H,27,28)/t16-,17-,20-/m1/s1. The molecule has 1 saturated carbocycles. The summed E-state index contributed by atoms with van der Waals surface area (Å²) in [5.74, 6) is -1.69. The average molecular weight is 413 g/mol. The van der Waals surface area contributed by atoms with Gasteiger partial charge in [-0.3, -0.25) is 14.4 Å². The molecule has 1 aliphatic carbocycles. The lowest BCUT2D eigenvalue weighted by molar-refractivity contribution is -0.137. The molecule has 0 saturated heterocycles. The zero-order chi connectivity index (χ0) is 20.8. The first kappa shape index (κ1) is 21.1. The van der Waals surface area contributed by atoms with E-state index in [2.05, 4.69) is 0 Å². The van der Waals surface area contributed by atoms with Gasteiger partial charge in [0.05, 0.1) is 11.0 Å². The minimum Gasteiger partial charge on any atom is -0.481 e. The van der Waals surface area contributed by atoms with Gasteiger partial charge in [0.15, 0.2) is 5.78 Å². The van der Waals surface area contributed by atoms with Crippen LogP contribution in [0.25, 0.3) is 10.1 Å². The van der Waals surface area contributed by atoms with Gasteiger partial charge in [-0.25, -0.2) is 0 Å². The highest BCUT2D eigenvalue weighted by molar-refractivity contribution is 7.21. The highest BCUT2D eigenvalue weighted by atomic mass is 32.1. The number of unbranched alkanes of at least 4 members (excludes halogenated alkanes) is 1. The van der Waals surface area contributed by atoms with Crippen LogP contribution >= 0.6 is 11.3 Å². The highest BCUT2D eigenvalue weighted by Gasteiger charge is 2.39. The van der Waals surface area contributed by atoms with Crippen LogP contribution in [0.5, 0.6) is 0 Å². The molecule has 1 fully saturated rings. The Morgan fingerprint density at radius 2 is 2.00 bits per heavy atom. The Hall–Kier alpha value is -2.57. The van der Waals surface area contributed by atoms with Crippen molar-refractivity contribution in [3.8, 4) is 0 Å². The zero-order valence-electron chi connectivity index (χ0n) is 16.0. The van der Waals surface area contributed by atoms with E-state index in [1.807, 2.05) is 42.5 Å². The second-order valence-corrected chi connectivity index (χ2v) is 8.37. The Balaban J connectivity index is 1.62. The summed E-state index contributed by atoms with van der Waals surface area (Å²) in [5.41, 5.74) is 0. The normalized spacial score (nSPS) is 22.2. The summed E-state index contributed by atoms with van der Waals surface area (Å²) in [5, 5.41) is 19.9. The lowest BCUT2D eigenvalue weighted by Crippen LogP contribution is -2.18. The monoisotopic (exact) mass is 412 g/mol. The summed E-state index contributed by atoms with van der Waals surface area (Å²) in [6.45, 7) is 0. The van der Waals surface area contributed by atoms with Gasteiger partial charge in [0.1, 0.15) is 5.78 Å². The van der Waals surface area contributed by atoms with Gasteiger partial charge in [-0.05, 0) is 42.9 Å². The molecule has 2 aromatic rings. The molecule has 5 nitrogen and oxygen atoms in total. The number of aliphatic carboxylic acids is 1. The van der Waals surface area contributed by atoms with Gasteiger partial charge in [-0.1, -0.05) is 36.4 Å². The van der Waals surface area contributed by atoms with Crippen LogP contribution in [0.1, 0.15) is 41.8 Å². The van der Waals surface area contributed by atoms with E-state index in [1.54, 1.807) is 6.08 Å². The van der Waals surface area contributed by atoms with E-state index < -0.39 is 12.1 Å². The van der Waals surface area contributed by atoms with E-state index >= 15 is 0 Å². The van der Waals surface area contributed by atoms with Gasteiger partial charge in [0.25, 0.3) is 0 Å². The summed E-state index contributed by atoms with van der Waals surface area (Å²) < 4.78 is 1.05. The molecule has 0 unspecified atom stereocenters. The molecule has 1 aliphatic rings. The molecule has 1 aromatic carbocycles. The molecule has 3 rings (SSSR count). The van der Waals surface area contributed by atoms with E-state index in [4.69, 9.17) is 5.11 Å². The predicted octanol–water partition coefficient (Wildman–Crippen LogP) is 4.41. The van der Waals surface area contributed by atoms with Gasteiger partial charge in [-0.15, -0.1) is 11.3 Å². The molecule has 0 bridgehead atoms. The molecule has 0 aliphatic heterocycles. The fraction of sp³-hybridized carbons (Fsp3) is 0.348. The van der Waals surface area contributed by atoms with E-state index in [0.717, 1.165) is 10.1 Å². The lowest BCUT2D eigenvalue weighted by Gasteiger charge is -2.15. The summed E-state index contributed by atoms with van der Waals surface area (Å²) in [6, 6.07) is 9.66. The van der Waals surface area contributed by atoms with Gasteiger partial charge in [0.2, 0.25) is 0 Å². The average Bonchev–Trinajstić information content (AvgIpc) is 3.23. The largest absolute Gasteiger partial charge is 0.481 e. The second kappa shape index (κ2) is 9.76. The van der Waals surface area contributed by atoms with Gasteiger partial charge in [-0.2, -0.15) is 0 Å². The van der Waals surface area contributed by atoms with Crippen molar-refractivity contribution in [2.75, 3.05) is 0 Å². The first-order chi connectivity index (χ1) is 14.0. The van der Waals surface area contributed by atoms with Crippen LogP contribution in [0.3, 0.4) is 0 Å². The fourth-order valence-electron chi connectivity index (χ4n) is 3.64. The lowest BCUT2D eigenvalue weighted by atomic mass is 9.90. The van der Waals surface area contributed by atoms with Crippen molar-refractivity contribution in [1.82, 2.24) is 0 Å². The maximum absolute atomic E-state index is 12.5. The number of ketones is 2. The number of benzene rings is 1. The van der Waals surface area contributed by atoms with E-state index in [-0.39, 0.29) is 36.2 Å².